The Morgan fingerprint density at radius 3 is 2.85 bits per heavy atom. The summed E-state index contributed by atoms with van der Waals surface area (Å²) in [5.41, 5.74) is 3.32. The number of H-pyrrole nitrogens is 1. The number of rotatable bonds is 7. The number of allylic oxidation sites excluding steroid dienone is 1. The Kier molecular flexibility index (Phi) is 5.71. The van der Waals surface area contributed by atoms with E-state index in [1.165, 1.54) is 13.3 Å². The smallest absolute Gasteiger partial charge is 0.330 e. The summed E-state index contributed by atoms with van der Waals surface area (Å²) in [4.78, 5) is 19.8. The van der Waals surface area contributed by atoms with Crippen LogP contribution in [-0.2, 0) is 22.4 Å². The minimum absolute atomic E-state index is 0.150. The standard InChI is InChI=1S/C22H22N2O3/c1-3-7-15-8-6-9-16(21(15)25)13-24-20(22(26)27-2)12-17-14-23-19-11-5-4-10-18(17)19/h3-6,8-11,13-14,20,23,25H,1,7,12H2,2H3/t20-/m1/s1. The highest BCUT2D eigenvalue weighted by molar-refractivity contribution is 5.88. The number of carbonyl (C=O) groups excluding carboxylic acids is 1. The maximum absolute atomic E-state index is 12.2. The number of hydrogen-bond donors (Lipinski definition) is 2. The lowest BCUT2D eigenvalue weighted by atomic mass is 10.0. The topological polar surface area (TPSA) is 74.7 Å². The Hall–Kier alpha value is -3.34. The molecule has 2 N–H and O–H groups in total. The molecule has 3 rings (SSSR count). The van der Waals surface area contributed by atoms with Crippen molar-refractivity contribution in [2.75, 3.05) is 7.11 Å². The normalized spacial score (nSPS) is 12.3. The molecule has 0 aliphatic carbocycles. The fourth-order valence-electron chi connectivity index (χ4n) is 3.05. The molecule has 27 heavy (non-hydrogen) atoms. The van der Waals surface area contributed by atoms with E-state index in [1.54, 1.807) is 12.1 Å². The van der Waals surface area contributed by atoms with Crippen LogP contribution in [0, 0.1) is 0 Å². The van der Waals surface area contributed by atoms with E-state index in [9.17, 15) is 9.90 Å². The van der Waals surface area contributed by atoms with Gasteiger partial charge in [-0.2, -0.15) is 0 Å². The molecule has 0 bridgehead atoms. The molecule has 0 radical (unpaired) electrons. The molecule has 1 aromatic heterocycles. The van der Waals surface area contributed by atoms with Gasteiger partial charge in [0.15, 0.2) is 6.04 Å². The number of phenolic OH excluding ortho intramolecular Hbond substituents is 1. The summed E-state index contributed by atoms with van der Waals surface area (Å²) >= 11 is 0. The summed E-state index contributed by atoms with van der Waals surface area (Å²) < 4.78 is 4.92. The van der Waals surface area contributed by atoms with Gasteiger partial charge in [0.05, 0.1) is 7.11 Å². The third-order valence-electron chi connectivity index (χ3n) is 4.47. The second-order valence-corrected chi connectivity index (χ2v) is 6.23. The fourth-order valence-corrected chi connectivity index (χ4v) is 3.05. The highest BCUT2D eigenvalue weighted by Gasteiger charge is 2.20. The number of phenols is 1. The third kappa shape index (κ3) is 4.08. The van der Waals surface area contributed by atoms with E-state index in [0.717, 1.165) is 22.0 Å². The molecule has 3 aromatic rings. The highest BCUT2D eigenvalue weighted by atomic mass is 16.5. The first-order valence-electron chi connectivity index (χ1n) is 8.71. The van der Waals surface area contributed by atoms with Crippen LogP contribution in [0.5, 0.6) is 5.75 Å². The average molecular weight is 362 g/mol. The van der Waals surface area contributed by atoms with Gasteiger partial charge in [0, 0.05) is 35.3 Å². The minimum Gasteiger partial charge on any atom is -0.507 e. The number of esters is 1. The lowest BCUT2D eigenvalue weighted by Gasteiger charge is -2.10. The first-order valence-corrected chi connectivity index (χ1v) is 8.71. The average Bonchev–Trinajstić information content (AvgIpc) is 3.10. The number of carbonyl (C=O) groups is 1. The fraction of sp³-hybridized carbons (Fsp3) is 0.182. The summed E-state index contributed by atoms with van der Waals surface area (Å²) in [5.74, 6) is -0.268. The molecule has 0 fully saturated rings. The van der Waals surface area contributed by atoms with Crippen molar-refractivity contribution < 1.29 is 14.6 Å². The van der Waals surface area contributed by atoms with Crippen molar-refractivity contribution in [3.8, 4) is 5.75 Å². The lowest BCUT2D eigenvalue weighted by Crippen LogP contribution is -2.23. The molecule has 0 saturated carbocycles. The van der Waals surface area contributed by atoms with Crippen molar-refractivity contribution in [2.24, 2.45) is 4.99 Å². The van der Waals surface area contributed by atoms with Crippen molar-refractivity contribution >= 4 is 23.1 Å². The summed E-state index contributed by atoms with van der Waals surface area (Å²) in [5, 5.41) is 11.4. The van der Waals surface area contributed by atoms with E-state index in [4.69, 9.17) is 4.74 Å². The largest absolute Gasteiger partial charge is 0.507 e. The molecule has 0 aliphatic heterocycles. The summed E-state index contributed by atoms with van der Waals surface area (Å²) in [6.45, 7) is 3.69. The van der Waals surface area contributed by atoms with Crippen LogP contribution in [0.1, 0.15) is 16.7 Å². The molecule has 138 valence electrons. The molecule has 5 nitrogen and oxygen atoms in total. The van der Waals surface area contributed by atoms with Gasteiger partial charge in [-0.15, -0.1) is 6.58 Å². The molecule has 0 aliphatic rings. The van der Waals surface area contributed by atoms with Gasteiger partial charge in [-0.3, -0.25) is 4.99 Å². The van der Waals surface area contributed by atoms with E-state index >= 15 is 0 Å². The molecule has 2 aromatic carbocycles. The summed E-state index contributed by atoms with van der Waals surface area (Å²) in [6.07, 6.45) is 6.10. The molecule has 1 heterocycles. The van der Waals surface area contributed by atoms with Crippen LogP contribution in [0.2, 0.25) is 0 Å². The molecule has 5 heteroatoms. The Bertz CT molecular complexity index is 988. The van der Waals surface area contributed by atoms with E-state index in [-0.39, 0.29) is 5.75 Å². The second-order valence-electron chi connectivity index (χ2n) is 6.23. The number of benzene rings is 2. The molecule has 0 spiro atoms. The number of aliphatic imine (C=N–C) groups is 1. The number of aromatic hydroxyl groups is 1. The lowest BCUT2D eigenvalue weighted by molar-refractivity contribution is -0.142. The van der Waals surface area contributed by atoms with Gasteiger partial charge in [0.1, 0.15) is 5.75 Å². The maximum atomic E-state index is 12.2. The zero-order chi connectivity index (χ0) is 19.2. The van der Waals surface area contributed by atoms with Crippen molar-refractivity contribution in [3.05, 3.63) is 78.0 Å². The van der Waals surface area contributed by atoms with Gasteiger partial charge in [-0.1, -0.05) is 36.4 Å². The van der Waals surface area contributed by atoms with E-state index in [0.29, 0.717) is 18.4 Å². The number of hydrogen-bond acceptors (Lipinski definition) is 4. The Balaban J connectivity index is 1.88. The van der Waals surface area contributed by atoms with Gasteiger partial charge < -0.3 is 14.8 Å². The maximum Gasteiger partial charge on any atom is 0.330 e. The number of nitrogens with one attached hydrogen (secondary N) is 1. The molecule has 0 saturated heterocycles. The van der Waals surface area contributed by atoms with Crippen molar-refractivity contribution in [1.29, 1.82) is 0 Å². The molecular weight excluding hydrogens is 340 g/mol. The van der Waals surface area contributed by atoms with E-state index in [2.05, 4.69) is 16.6 Å². The first-order chi connectivity index (χ1) is 13.1. The Morgan fingerprint density at radius 2 is 2.07 bits per heavy atom. The van der Waals surface area contributed by atoms with Crippen LogP contribution in [0.15, 0.2) is 66.3 Å². The van der Waals surface area contributed by atoms with E-state index in [1.807, 2.05) is 42.6 Å². The number of aromatic nitrogens is 1. The number of aromatic amines is 1. The van der Waals surface area contributed by atoms with Gasteiger partial charge in [0.2, 0.25) is 0 Å². The zero-order valence-electron chi connectivity index (χ0n) is 15.2. The Labute approximate surface area is 158 Å². The first kappa shape index (κ1) is 18.5. The Morgan fingerprint density at radius 1 is 1.26 bits per heavy atom. The van der Waals surface area contributed by atoms with Gasteiger partial charge in [-0.05, 0) is 29.7 Å². The van der Waals surface area contributed by atoms with Gasteiger partial charge in [0.25, 0.3) is 0 Å². The molecule has 0 amide bonds. The predicted molar refractivity (Wildman–Crippen MR) is 107 cm³/mol. The number of nitrogens with zero attached hydrogens (tertiary/aromatic N) is 1. The monoisotopic (exact) mass is 362 g/mol. The quantitative estimate of drug-likeness (QED) is 0.381. The number of ether oxygens (including phenoxy) is 1. The summed E-state index contributed by atoms with van der Waals surface area (Å²) in [6, 6.07) is 12.6. The van der Waals surface area contributed by atoms with Crippen LogP contribution >= 0.6 is 0 Å². The van der Waals surface area contributed by atoms with E-state index < -0.39 is 12.0 Å². The summed E-state index contributed by atoms with van der Waals surface area (Å²) in [7, 11) is 1.35. The van der Waals surface area contributed by atoms with Gasteiger partial charge >= 0.3 is 5.97 Å². The minimum atomic E-state index is -0.698. The molecule has 0 unspecified atom stereocenters. The molecular formula is C22H22N2O3. The zero-order valence-corrected chi connectivity index (χ0v) is 15.2. The molecule has 1 atom stereocenters. The SMILES string of the molecule is C=CCc1cccc(C=N[C@H](Cc2c[nH]c3ccccc23)C(=O)OC)c1O. The van der Waals surface area contributed by atoms with Gasteiger partial charge in [-0.25, -0.2) is 4.79 Å². The van der Waals surface area contributed by atoms with Crippen molar-refractivity contribution in [2.45, 2.75) is 18.9 Å². The second kappa shape index (κ2) is 8.36. The van der Waals surface area contributed by atoms with Crippen molar-refractivity contribution in [3.63, 3.8) is 0 Å². The number of methoxy groups -OCH3 is 1. The third-order valence-corrected chi connectivity index (χ3v) is 4.47. The van der Waals surface area contributed by atoms with Crippen LogP contribution in [0.25, 0.3) is 10.9 Å². The highest BCUT2D eigenvalue weighted by Crippen LogP contribution is 2.23. The van der Waals surface area contributed by atoms with Crippen molar-refractivity contribution in [1.82, 2.24) is 4.98 Å². The van der Waals surface area contributed by atoms with Crippen LogP contribution in [0.3, 0.4) is 0 Å². The van der Waals surface area contributed by atoms with Crippen LogP contribution in [0.4, 0.5) is 0 Å². The van der Waals surface area contributed by atoms with Crippen LogP contribution in [-0.4, -0.2) is 35.4 Å². The number of fused-ring (bicyclic) bond motifs is 1. The predicted octanol–water partition coefficient (Wildman–Crippen LogP) is 3.81. The number of para-hydroxylation sites is 2. The van der Waals surface area contributed by atoms with Crippen LogP contribution < -0.4 is 0 Å².